The molecule has 2 fully saturated rings. The fourth-order valence-electron chi connectivity index (χ4n) is 4.52. The van der Waals surface area contributed by atoms with Gasteiger partial charge in [0.25, 0.3) is 0 Å². The van der Waals surface area contributed by atoms with Crippen LogP contribution in [-0.4, -0.2) is 41.0 Å². The molecule has 0 bridgehead atoms. The number of rotatable bonds is 4. The molecule has 3 N–H and O–H groups in total. The highest BCUT2D eigenvalue weighted by Crippen LogP contribution is 2.49. The van der Waals surface area contributed by atoms with E-state index in [0.717, 1.165) is 25.3 Å². The van der Waals surface area contributed by atoms with Crippen molar-refractivity contribution in [2.75, 3.05) is 37.2 Å². The Hall–Kier alpha value is -1.36. The number of nitrogens with two attached hydrogens (primary N) is 1. The van der Waals surface area contributed by atoms with Crippen LogP contribution in [0.1, 0.15) is 56.2 Å². The Labute approximate surface area is 132 Å². The maximum Gasteiger partial charge on any atom is 0.222 e. The van der Waals surface area contributed by atoms with Crippen LogP contribution in [0.25, 0.3) is 0 Å². The lowest BCUT2D eigenvalue weighted by molar-refractivity contribution is 0.189. The average molecular weight is 301 g/mol. The maximum atomic E-state index is 6.03. The van der Waals surface area contributed by atoms with Crippen molar-refractivity contribution in [2.24, 2.45) is 0 Å². The third kappa shape index (κ3) is 2.45. The number of nitrogens with one attached hydrogen (secondary N) is 1. The number of anilines is 2. The van der Waals surface area contributed by atoms with E-state index < -0.39 is 0 Å². The van der Waals surface area contributed by atoms with E-state index in [2.05, 4.69) is 15.2 Å². The summed E-state index contributed by atoms with van der Waals surface area (Å²) in [5.41, 5.74) is 8.96. The maximum absolute atomic E-state index is 6.03. The molecule has 1 saturated carbocycles. The molecule has 22 heavy (non-hydrogen) atoms. The average Bonchev–Trinajstić information content (AvgIpc) is 2.92. The normalized spacial score (nSPS) is 23.3. The predicted octanol–water partition coefficient (Wildman–Crippen LogP) is 2.32. The van der Waals surface area contributed by atoms with Crippen LogP contribution in [0.3, 0.4) is 0 Å². The topological polar surface area (TPSA) is 67.1 Å². The van der Waals surface area contributed by atoms with Gasteiger partial charge in [-0.3, -0.25) is 0 Å². The Bertz CT molecular complexity index is 546. The Kier molecular flexibility index (Phi) is 3.68. The fraction of sp³-hybridized carbons (Fsp3) is 0.765. The summed E-state index contributed by atoms with van der Waals surface area (Å²) in [7, 11) is 0. The van der Waals surface area contributed by atoms with Gasteiger partial charge in [0.2, 0.25) is 5.95 Å². The minimum atomic E-state index is 0.304. The second-order valence-electron chi connectivity index (χ2n) is 7.22. The molecule has 0 aromatic carbocycles. The molecule has 0 atom stereocenters. The number of nitrogens with zero attached hydrogens (tertiary/aromatic N) is 3. The molecule has 1 aromatic heterocycles. The van der Waals surface area contributed by atoms with Gasteiger partial charge in [-0.2, -0.15) is 4.98 Å². The molecule has 1 spiro atoms. The van der Waals surface area contributed by atoms with Crippen LogP contribution in [0.15, 0.2) is 0 Å². The molecular weight excluding hydrogens is 274 g/mol. The summed E-state index contributed by atoms with van der Waals surface area (Å²) >= 11 is 0. The van der Waals surface area contributed by atoms with Gasteiger partial charge < -0.3 is 16.0 Å². The molecule has 1 aromatic rings. The van der Waals surface area contributed by atoms with Crippen molar-refractivity contribution < 1.29 is 0 Å². The molecule has 0 unspecified atom stereocenters. The van der Waals surface area contributed by atoms with Crippen molar-refractivity contribution in [3.63, 3.8) is 0 Å². The lowest BCUT2D eigenvalue weighted by Gasteiger charge is -2.35. The number of fused-ring (bicyclic) bond motifs is 2. The molecule has 5 heteroatoms. The highest BCUT2D eigenvalue weighted by atomic mass is 15.2. The van der Waals surface area contributed by atoms with Gasteiger partial charge in [0.15, 0.2) is 0 Å². The van der Waals surface area contributed by atoms with Gasteiger partial charge >= 0.3 is 0 Å². The molecule has 0 radical (unpaired) electrons. The van der Waals surface area contributed by atoms with Crippen molar-refractivity contribution in [3.05, 3.63) is 11.3 Å². The summed E-state index contributed by atoms with van der Waals surface area (Å²) in [5.74, 6) is 1.45. The number of nitrogen functional groups attached to an aromatic ring is 1. The van der Waals surface area contributed by atoms with E-state index in [-0.39, 0.29) is 0 Å². The van der Waals surface area contributed by atoms with E-state index in [9.17, 15) is 0 Å². The van der Waals surface area contributed by atoms with E-state index in [1.165, 1.54) is 69.3 Å². The molecule has 5 nitrogen and oxygen atoms in total. The van der Waals surface area contributed by atoms with Gasteiger partial charge in [0, 0.05) is 24.1 Å². The highest BCUT2D eigenvalue weighted by Gasteiger charge is 2.41. The molecule has 120 valence electrons. The van der Waals surface area contributed by atoms with Crippen molar-refractivity contribution >= 4 is 11.8 Å². The van der Waals surface area contributed by atoms with Gasteiger partial charge in [0.1, 0.15) is 5.82 Å². The lowest BCUT2D eigenvalue weighted by atomic mass is 9.72. The monoisotopic (exact) mass is 301 g/mol. The van der Waals surface area contributed by atoms with Gasteiger partial charge in [-0.25, -0.2) is 4.98 Å². The third-order valence-corrected chi connectivity index (χ3v) is 5.84. The van der Waals surface area contributed by atoms with Crippen LogP contribution in [0, 0.1) is 0 Å². The fourth-order valence-corrected chi connectivity index (χ4v) is 4.52. The zero-order chi connectivity index (χ0) is 15.0. The summed E-state index contributed by atoms with van der Waals surface area (Å²) in [6, 6.07) is 0. The first kappa shape index (κ1) is 14.2. The lowest BCUT2D eigenvalue weighted by Crippen LogP contribution is -2.40. The largest absolute Gasteiger partial charge is 0.368 e. The Morgan fingerprint density at radius 1 is 1.05 bits per heavy atom. The summed E-state index contributed by atoms with van der Waals surface area (Å²) < 4.78 is 0. The predicted molar refractivity (Wildman–Crippen MR) is 89.1 cm³/mol. The quantitative estimate of drug-likeness (QED) is 0.893. The van der Waals surface area contributed by atoms with Crippen LogP contribution in [0.2, 0.25) is 0 Å². The zero-order valence-electron chi connectivity index (χ0n) is 13.4. The van der Waals surface area contributed by atoms with Crippen molar-refractivity contribution in [2.45, 2.75) is 56.8 Å². The molecular formula is C17H27N5. The Morgan fingerprint density at radius 2 is 1.82 bits per heavy atom. The van der Waals surface area contributed by atoms with Crippen molar-refractivity contribution in [1.82, 2.24) is 14.9 Å². The smallest absolute Gasteiger partial charge is 0.222 e. The number of likely N-dealkylation sites (tertiary alicyclic amines) is 1. The third-order valence-electron chi connectivity index (χ3n) is 5.84. The van der Waals surface area contributed by atoms with Crippen LogP contribution >= 0.6 is 0 Å². The highest BCUT2D eigenvalue weighted by molar-refractivity contribution is 5.53. The number of hydrogen-bond donors (Lipinski definition) is 2. The van der Waals surface area contributed by atoms with E-state index >= 15 is 0 Å². The molecule has 2 heterocycles. The second-order valence-corrected chi connectivity index (χ2v) is 7.22. The van der Waals surface area contributed by atoms with Crippen LogP contribution in [-0.2, 0) is 11.8 Å². The summed E-state index contributed by atoms with van der Waals surface area (Å²) in [4.78, 5) is 11.7. The van der Waals surface area contributed by atoms with E-state index in [0.29, 0.717) is 11.4 Å². The summed E-state index contributed by atoms with van der Waals surface area (Å²) in [5, 5.41) is 3.55. The van der Waals surface area contributed by atoms with Crippen molar-refractivity contribution in [1.29, 1.82) is 0 Å². The van der Waals surface area contributed by atoms with E-state index in [1.807, 2.05) is 0 Å². The molecule has 2 aliphatic carbocycles. The van der Waals surface area contributed by atoms with Gasteiger partial charge in [0.05, 0.1) is 5.69 Å². The first-order valence-electron chi connectivity index (χ1n) is 8.90. The molecule has 0 amide bonds. The second kappa shape index (κ2) is 5.69. The SMILES string of the molecule is Nc1nc(NCCN2CCC2)c2c(n1)C1(CCCC1)CCC2. The molecule has 1 saturated heterocycles. The van der Waals surface area contributed by atoms with Crippen LogP contribution < -0.4 is 11.1 Å². The van der Waals surface area contributed by atoms with Gasteiger partial charge in [-0.05, 0) is 51.6 Å². The molecule has 3 aliphatic rings. The standard InChI is InChI=1S/C17H27N5/c18-16-20-14-13(5-3-8-17(14)6-1-2-7-17)15(21-16)19-9-12-22-10-4-11-22/h1-12H2,(H3,18,19,20,21). The number of hydrogen-bond acceptors (Lipinski definition) is 5. The van der Waals surface area contributed by atoms with Crippen LogP contribution in [0.5, 0.6) is 0 Å². The first-order chi connectivity index (χ1) is 10.8. The zero-order valence-corrected chi connectivity index (χ0v) is 13.4. The number of aromatic nitrogens is 2. The Balaban J connectivity index is 1.57. The Morgan fingerprint density at radius 3 is 2.55 bits per heavy atom. The summed E-state index contributed by atoms with van der Waals surface area (Å²) in [6.07, 6.45) is 10.2. The minimum Gasteiger partial charge on any atom is -0.368 e. The molecule has 4 rings (SSSR count). The van der Waals surface area contributed by atoms with E-state index in [1.54, 1.807) is 0 Å². The summed E-state index contributed by atoms with van der Waals surface area (Å²) in [6.45, 7) is 4.54. The van der Waals surface area contributed by atoms with E-state index in [4.69, 9.17) is 10.7 Å². The van der Waals surface area contributed by atoms with Crippen LogP contribution in [0.4, 0.5) is 11.8 Å². The van der Waals surface area contributed by atoms with Gasteiger partial charge in [-0.15, -0.1) is 0 Å². The van der Waals surface area contributed by atoms with Crippen molar-refractivity contribution in [3.8, 4) is 0 Å². The van der Waals surface area contributed by atoms with Gasteiger partial charge in [-0.1, -0.05) is 12.8 Å². The molecule has 1 aliphatic heterocycles. The first-order valence-corrected chi connectivity index (χ1v) is 8.90. The minimum absolute atomic E-state index is 0.304.